The molecule has 0 aliphatic heterocycles. The molecule has 0 fully saturated rings. The molecule has 1 heterocycles. The van der Waals surface area contributed by atoms with Crippen LogP contribution in [-0.2, 0) is 0 Å². The number of carbonyl (C=O) groups excluding carboxylic acids is 1. The van der Waals surface area contributed by atoms with Crippen LogP contribution < -0.4 is 4.74 Å². The average Bonchev–Trinajstić information content (AvgIpc) is 2.80. The van der Waals surface area contributed by atoms with Gasteiger partial charge in [0.2, 0.25) is 0 Å². The molecule has 1 aromatic heterocycles. The number of nitrogens with zero attached hydrogens (tertiary/aromatic N) is 1. The number of benzene rings is 1. The molecule has 0 aliphatic rings. The number of rotatable bonds is 4. The van der Waals surface area contributed by atoms with Crippen LogP contribution in [0.25, 0.3) is 0 Å². The van der Waals surface area contributed by atoms with E-state index in [1.165, 1.54) is 25.1 Å². The Bertz CT molecular complexity index is 650. The molecule has 7 heteroatoms. The molecule has 98 valence electrons. The molecule has 0 unspecified atom stereocenters. The second-order valence-electron chi connectivity index (χ2n) is 3.70. The van der Waals surface area contributed by atoms with Crippen molar-refractivity contribution in [3.05, 3.63) is 51.5 Å². The Morgan fingerprint density at radius 1 is 1.42 bits per heavy atom. The molecule has 1 aromatic carbocycles. The maximum Gasteiger partial charge on any atom is 0.290 e. The first-order valence-corrected chi connectivity index (χ1v) is 5.18. The number of furan rings is 1. The van der Waals surface area contributed by atoms with Crippen LogP contribution in [-0.4, -0.2) is 11.2 Å². The summed E-state index contributed by atoms with van der Waals surface area (Å²) < 4.78 is 23.6. The maximum atomic E-state index is 13.6. The SMILES string of the molecule is Cc1cc(Oc2ccc(C=O)o2)c(F)cc1[N+](=O)[O-]. The molecule has 0 aliphatic carbocycles. The molecule has 0 radical (unpaired) electrons. The summed E-state index contributed by atoms with van der Waals surface area (Å²) in [6.45, 7) is 1.46. The van der Waals surface area contributed by atoms with Gasteiger partial charge in [-0.2, -0.15) is 0 Å². The smallest absolute Gasteiger partial charge is 0.290 e. The lowest BCUT2D eigenvalue weighted by Crippen LogP contribution is -1.95. The van der Waals surface area contributed by atoms with Gasteiger partial charge in [-0.3, -0.25) is 14.9 Å². The molecule has 2 rings (SSSR count). The Morgan fingerprint density at radius 3 is 2.74 bits per heavy atom. The van der Waals surface area contributed by atoms with Crippen LogP contribution in [0.4, 0.5) is 10.1 Å². The number of nitro benzene ring substituents is 1. The number of ether oxygens (including phenoxy) is 1. The lowest BCUT2D eigenvalue weighted by Gasteiger charge is -2.05. The summed E-state index contributed by atoms with van der Waals surface area (Å²) in [5.41, 5.74) is -0.0820. The third-order valence-corrected chi connectivity index (χ3v) is 2.38. The summed E-state index contributed by atoms with van der Waals surface area (Å²) in [4.78, 5) is 20.4. The van der Waals surface area contributed by atoms with Gasteiger partial charge in [0.1, 0.15) is 0 Å². The Balaban J connectivity index is 2.33. The molecule has 0 N–H and O–H groups in total. The molecule has 0 amide bonds. The van der Waals surface area contributed by atoms with Gasteiger partial charge in [0, 0.05) is 11.6 Å². The Kier molecular flexibility index (Phi) is 3.28. The minimum Gasteiger partial charge on any atom is -0.423 e. The Labute approximate surface area is 106 Å². The van der Waals surface area contributed by atoms with Gasteiger partial charge in [0.15, 0.2) is 23.6 Å². The first-order chi connectivity index (χ1) is 9.01. The van der Waals surface area contributed by atoms with Crippen molar-refractivity contribution in [1.82, 2.24) is 0 Å². The third kappa shape index (κ3) is 2.59. The molecule has 0 bridgehead atoms. The summed E-state index contributed by atoms with van der Waals surface area (Å²) >= 11 is 0. The monoisotopic (exact) mass is 265 g/mol. The van der Waals surface area contributed by atoms with Crippen molar-refractivity contribution in [3.63, 3.8) is 0 Å². The van der Waals surface area contributed by atoms with Crippen molar-refractivity contribution < 1.29 is 23.3 Å². The molecule has 0 atom stereocenters. The van der Waals surface area contributed by atoms with Gasteiger partial charge in [0.05, 0.1) is 11.0 Å². The first-order valence-electron chi connectivity index (χ1n) is 5.18. The highest BCUT2D eigenvalue weighted by Gasteiger charge is 2.17. The van der Waals surface area contributed by atoms with Crippen LogP contribution >= 0.6 is 0 Å². The summed E-state index contributed by atoms with van der Waals surface area (Å²) in [5.74, 6) is -1.14. The number of hydrogen-bond acceptors (Lipinski definition) is 5. The number of hydrogen-bond donors (Lipinski definition) is 0. The van der Waals surface area contributed by atoms with Crippen LogP contribution in [0, 0.1) is 22.9 Å². The summed E-state index contributed by atoms with van der Waals surface area (Å²) in [5, 5.41) is 10.6. The van der Waals surface area contributed by atoms with Crippen molar-refractivity contribution in [2.45, 2.75) is 6.92 Å². The largest absolute Gasteiger partial charge is 0.423 e. The second kappa shape index (κ2) is 4.89. The van der Waals surface area contributed by atoms with Crippen molar-refractivity contribution in [1.29, 1.82) is 0 Å². The number of nitro groups is 1. The zero-order valence-electron chi connectivity index (χ0n) is 9.75. The summed E-state index contributed by atoms with van der Waals surface area (Å²) in [7, 11) is 0. The maximum absolute atomic E-state index is 13.6. The van der Waals surface area contributed by atoms with E-state index >= 15 is 0 Å². The van der Waals surface area contributed by atoms with Gasteiger partial charge in [-0.05, 0) is 19.1 Å². The van der Waals surface area contributed by atoms with Crippen LogP contribution in [0.5, 0.6) is 11.7 Å². The topological polar surface area (TPSA) is 82.6 Å². The van der Waals surface area contributed by atoms with Crippen molar-refractivity contribution >= 4 is 12.0 Å². The van der Waals surface area contributed by atoms with E-state index in [9.17, 15) is 19.3 Å². The van der Waals surface area contributed by atoms with Crippen LogP contribution in [0.1, 0.15) is 16.1 Å². The van der Waals surface area contributed by atoms with Crippen LogP contribution in [0.2, 0.25) is 0 Å². The van der Waals surface area contributed by atoms with E-state index in [0.29, 0.717) is 6.29 Å². The minimum atomic E-state index is -0.888. The molecular formula is C12H8FNO5. The summed E-state index contributed by atoms with van der Waals surface area (Å²) in [6, 6.07) is 4.67. The zero-order valence-corrected chi connectivity index (χ0v) is 9.75. The summed E-state index contributed by atoms with van der Waals surface area (Å²) in [6.07, 6.45) is 0.476. The van der Waals surface area contributed by atoms with E-state index in [-0.39, 0.29) is 28.7 Å². The lowest BCUT2D eigenvalue weighted by molar-refractivity contribution is -0.385. The predicted octanol–water partition coefficient (Wildman–Crippen LogP) is 3.24. The number of aryl methyl sites for hydroxylation is 1. The van der Waals surface area contributed by atoms with E-state index in [1.54, 1.807) is 0 Å². The fourth-order valence-electron chi connectivity index (χ4n) is 1.48. The fraction of sp³-hybridized carbons (Fsp3) is 0.0833. The van der Waals surface area contributed by atoms with Crippen LogP contribution in [0.15, 0.2) is 28.7 Å². The van der Waals surface area contributed by atoms with E-state index in [4.69, 9.17) is 9.15 Å². The molecule has 0 saturated heterocycles. The second-order valence-corrected chi connectivity index (χ2v) is 3.70. The normalized spacial score (nSPS) is 10.2. The Hall–Kier alpha value is -2.70. The van der Waals surface area contributed by atoms with Gasteiger partial charge < -0.3 is 9.15 Å². The number of carbonyl (C=O) groups is 1. The van der Waals surface area contributed by atoms with Gasteiger partial charge >= 0.3 is 0 Å². The molecule has 2 aromatic rings. The standard InChI is InChI=1S/C12H8FNO5/c1-7-4-11(9(13)5-10(7)14(16)17)19-12-3-2-8(6-15)18-12/h2-6H,1H3. The third-order valence-electron chi connectivity index (χ3n) is 2.38. The van der Waals surface area contributed by atoms with E-state index in [0.717, 1.165) is 6.07 Å². The number of aldehydes is 1. The van der Waals surface area contributed by atoms with Crippen molar-refractivity contribution in [2.24, 2.45) is 0 Å². The first kappa shape index (κ1) is 12.7. The van der Waals surface area contributed by atoms with Crippen molar-refractivity contribution in [3.8, 4) is 11.7 Å². The molecular weight excluding hydrogens is 257 g/mol. The number of halogens is 1. The predicted molar refractivity (Wildman–Crippen MR) is 62.0 cm³/mol. The highest BCUT2D eigenvalue weighted by Crippen LogP contribution is 2.31. The highest BCUT2D eigenvalue weighted by atomic mass is 19.1. The van der Waals surface area contributed by atoms with Gasteiger partial charge in [-0.15, -0.1) is 0 Å². The molecule has 0 spiro atoms. The van der Waals surface area contributed by atoms with Gasteiger partial charge in [-0.1, -0.05) is 0 Å². The van der Waals surface area contributed by atoms with Gasteiger partial charge in [-0.25, -0.2) is 4.39 Å². The zero-order chi connectivity index (χ0) is 14.0. The minimum absolute atomic E-state index is 0.0361. The van der Waals surface area contributed by atoms with E-state index < -0.39 is 10.7 Å². The highest BCUT2D eigenvalue weighted by molar-refractivity contribution is 5.70. The van der Waals surface area contributed by atoms with E-state index in [1.807, 2.05) is 0 Å². The quantitative estimate of drug-likeness (QED) is 0.481. The van der Waals surface area contributed by atoms with Crippen LogP contribution in [0.3, 0.4) is 0 Å². The molecule has 19 heavy (non-hydrogen) atoms. The molecule has 6 nitrogen and oxygen atoms in total. The fourth-order valence-corrected chi connectivity index (χ4v) is 1.48. The Morgan fingerprint density at radius 2 is 2.16 bits per heavy atom. The van der Waals surface area contributed by atoms with Crippen molar-refractivity contribution in [2.75, 3.05) is 0 Å². The average molecular weight is 265 g/mol. The van der Waals surface area contributed by atoms with E-state index in [2.05, 4.69) is 0 Å². The van der Waals surface area contributed by atoms with Gasteiger partial charge in [0.25, 0.3) is 11.6 Å². The molecule has 0 saturated carbocycles. The lowest BCUT2D eigenvalue weighted by atomic mass is 10.2.